The van der Waals surface area contributed by atoms with Gasteiger partial charge in [-0.2, -0.15) is 5.10 Å². The van der Waals surface area contributed by atoms with Gasteiger partial charge in [-0.05, 0) is 44.4 Å². The molecular formula is C21H27ClN6O3S. The molecule has 0 fully saturated rings. The lowest BCUT2D eigenvalue weighted by Gasteiger charge is -2.25. The molecule has 0 radical (unpaired) electrons. The van der Waals surface area contributed by atoms with Crippen LogP contribution in [0.4, 0.5) is 5.82 Å². The molecule has 0 spiro atoms. The third-order valence-corrected chi connectivity index (χ3v) is 5.40. The van der Waals surface area contributed by atoms with Crippen molar-refractivity contribution in [1.29, 1.82) is 0 Å². The number of aromatic nitrogens is 4. The van der Waals surface area contributed by atoms with E-state index in [1.54, 1.807) is 56.1 Å². The zero-order valence-electron chi connectivity index (χ0n) is 18.5. The molecule has 1 amide bonds. The van der Waals surface area contributed by atoms with Crippen molar-refractivity contribution in [3.63, 3.8) is 0 Å². The maximum Gasteiger partial charge on any atom is 0.263 e. The summed E-state index contributed by atoms with van der Waals surface area (Å²) in [5.74, 6) is 1.05. The quantitative estimate of drug-likeness (QED) is 0.246. The van der Waals surface area contributed by atoms with Crippen molar-refractivity contribution in [2.24, 2.45) is 0 Å². The van der Waals surface area contributed by atoms with Crippen LogP contribution in [0.25, 0.3) is 11.0 Å². The summed E-state index contributed by atoms with van der Waals surface area (Å²) in [7, 11) is 1.65. The zero-order valence-corrected chi connectivity index (χ0v) is 20.1. The number of carbonyl (C=O) groups is 1. The highest BCUT2D eigenvalue weighted by molar-refractivity contribution is 7.98. The number of nitrogens with zero attached hydrogens (tertiary/aromatic N) is 4. The van der Waals surface area contributed by atoms with Crippen molar-refractivity contribution in [2.75, 3.05) is 38.4 Å². The summed E-state index contributed by atoms with van der Waals surface area (Å²) in [6.45, 7) is 5.45. The fraction of sp³-hybridized carbons (Fsp3) is 0.429. The van der Waals surface area contributed by atoms with Crippen molar-refractivity contribution < 1.29 is 14.3 Å². The average molecular weight is 479 g/mol. The van der Waals surface area contributed by atoms with Crippen molar-refractivity contribution in [1.82, 2.24) is 25.1 Å². The molecule has 0 saturated carbocycles. The van der Waals surface area contributed by atoms with Gasteiger partial charge in [-0.3, -0.25) is 4.79 Å². The molecule has 0 unspecified atom stereocenters. The Kier molecular flexibility index (Phi) is 8.16. The molecule has 32 heavy (non-hydrogen) atoms. The Hall–Kier alpha value is -2.56. The molecule has 2 heterocycles. The molecule has 2 aromatic heterocycles. The number of hydrogen-bond acceptors (Lipinski definition) is 8. The second-order valence-electron chi connectivity index (χ2n) is 7.41. The van der Waals surface area contributed by atoms with Crippen molar-refractivity contribution >= 4 is 46.1 Å². The van der Waals surface area contributed by atoms with E-state index in [2.05, 4.69) is 25.7 Å². The third kappa shape index (κ3) is 6.02. The minimum atomic E-state index is -1.05. The summed E-state index contributed by atoms with van der Waals surface area (Å²) < 4.78 is 12.7. The molecule has 1 aromatic carbocycles. The SMILES string of the molecule is COCCNc1nc(SC)nc2c1cnn2CCNC(=O)C(C)(C)Oc1ccc(Cl)cc1. The summed E-state index contributed by atoms with van der Waals surface area (Å²) in [5, 5.41) is 12.7. The minimum absolute atomic E-state index is 0.231. The molecule has 172 valence electrons. The Morgan fingerprint density at radius 3 is 2.66 bits per heavy atom. The maximum absolute atomic E-state index is 12.7. The summed E-state index contributed by atoms with van der Waals surface area (Å²) in [5.41, 5.74) is -0.345. The van der Waals surface area contributed by atoms with Crippen molar-refractivity contribution in [3.05, 3.63) is 35.5 Å². The molecule has 0 aliphatic heterocycles. The molecule has 0 bridgehead atoms. The minimum Gasteiger partial charge on any atom is -0.478 e. The summed E-state index contributed by atoms with van der Waals surface area (Å²) >= 11 is 7.36. The molecule has 9 nitrogen and oxygen atoms in total. The first-order valence-corrected chi connectivity index (χ1v) is 11.7. The van der Waals surface area contributed by atoms with Gasteiger partial charge in [-0.15, -0.1) is 0 Å². The fourth-order valence-electron chi connectivity index (χ4n) is 2.93. The van der Waals surface area contributed by atoms with Gasteiger partial charge >= 0.3 is 0 Å². The summed E-state index contributed by atoms with van der Waals surface area (Å²) in [4.78, 5) is 21.8. The van der Waals surface area contributed by atoms with E-state index in [4.69, 9.17) is 21.1 Å². The summed E-state index contributed by atoms with van der Waals surface area (Å²) in [6, 6.07) is 6.90. The van der Waals surface area contributed by atoms with Crippen molar-refractivity contribution in [2.45, 2.75) is 31.1 Å². The van der Waals surface area contributed by atoms with Gasteiger partial charge in [0.1, 0.15) is 11.6 Å². The zero-order chi connectivity index (χ0) is 23.1. The molecule has 2 N–H and O–H groups in total. The lowest BCUT2D eigenvalue weighted by atomic mass is 10.1. The topological polar surface area (TPSA) is 103 Å². The average Bonchev–Trinajstić information content (AvgIpc) is 3.18. The number of fused-ring (bicyclic) bond motifs is 1. The maximum atomic E-state index is 12.7. The number of anilines is 1. The number of thioether (sulfide) groups is 1. The van der Waals surface area contributed by atoms with Crippen LogP contribution < -0.4 is 15.4 Å². The van der Waals surface area contributed by atoms with Crippen LogP contribution in [0, 0.1) is 0 Å². The Labute approximate surface area is 196 Å². The van der Waals surface area contributed by atoms with Gasteiger partial charge in [0.05, 0.1) is 24.7 Å². The third-order valence-electron chi connectivity index (χ3n) is 4.60. The predicted octanol–water partition coefficient (Wildman–Crippen LogP) is 3.23. The van der Waals surface area contributed by atoms with E-state index < -0.39 is 5.60 Å². The first kappa shape index (κ1) is 24.1. The van der Waals surface area contributed by atoms with E-state index >= 15 is 0 Å². The number of amides is 1. The van der Waals surface area contributed by atoms with E-state index in [1.165, 1.54) is 11.8 Å². The van der Waals surface area contributed by atoms with E-state index in [0.29, 0.717) is 53.6 Å². The number of nitrogens with one attached hydrogen (secondary N) is 2. The molecule has 0 atom stereocenters. The van der Waals surface area contributed by atoms with Crippen LogP contribution in [0.2, 0.25) is 5.02 Å². The van der Waals surface area contributed by atoms with Gasteiger partial charge < -0.3 is 20.1 Å². The van der Waals surface area contributed by atoms with E-state index in [0.717, 1.165) is 5.39 Å². The van der Waals surface area contributed by atoms with Gasteiger partial charge in [0, 0.05) is 25.2 Å². The van der Waals surface area contributed by atoms with Gasteiger partial charge in [0.2, 0.25) is 0 Å². The number of hydrogen-bond donors (Lipinski definition) is 2. The second-order valence-corrected chi connectivity index (χ2v) is 8.62. The van der Waals surface area contributed by atoms with Crippen LogP contribution in [0.5, 0.6) is 5.75 Å². The highest BCUT2D eigenvalue weighted by Gasteiger charge is 2.29. The molecule has 3 aromatic rings. The molecule has 0 aliphatic rings. The van der Waals surface area contributed by atoms with Crippen LogP contribution in [-0.4, -0.2) is 64.3 Å². The number of ether oxygens (including phenoxy) is 2. The van der Waals surface area contributed by atoms with E-state index in [-0.39, 0.29) is 5.91 Å². The van der Waals surface area contributed by atoms with Crippen LogP contribution in [0.15, 0.2) is 35.6 Å². The highest BCUT2D eigenvalue weighted by atomic mass is 35.5. The molecule has 0 aliphatic carbocycles. The Bertz CT molecular complexity index is 1060. The lowest BCUT2D eigenvalue weighted by molar-refractivity contribution is -0.134. The number of methoxy groups -OCH3 is 1. The largest absolute Gasteiger partial charge is 0.478 e. The van der Waals surface area contributed by atoms with Crippen LogP contribution in [0.3, 0.4) is 0 Å². The number of halogens is 1. The van der Waals surface area contributed by atoms with Crippen molar-refractivity contribution in [3.8, 4) is 5.75 Å². The highest BCUT2D eigenvalue weighted by Crippen LogP contribution is 2.23. The van der Waals surface area contributed by atoms with Gasteiger partial charge in [0.25, 0.3) is 5.91 Å². The Morgan fingerprint density at radius 2 is 1.97 bits per heavy atom. The second kappa shape index (κ2) is 10.8. The van der Waals surface area contributed by atoms with E-state index in [9.17, 15) is 4.79 Å². The molecule has 11 heteroatoms. The van der Waals surface area contributed by atoms with Crippen LogP contribution in [0.1, 0.15) is 13.8 Å². The van der Waals surface area contributed by atoms with Crippen LogP contribution >= 0.6 is 23.4 Å². The summed E-state index contributed by atoms with van der Waals surface area (Å²) in [6.07, 6.45) is 3.65. The number of rotatable bonds is 11. The van der Waals surface area contributed by atoms with Gasteiger partial charge in [0.15, 0.2) is 16.4 Å². The van der Waals surface area contributed by atoms with Gasteiger partial charge in [-0.1, -0.05) is 23.4 Å². The smallest absolute Gasteiger partial charge is 0.263 e. The first-order chi connectivity index (χ1) is 15.3. The number of benzene rings is 1. The molecule has 0 saturated heterocycles. The lowest BCUT2D eigenvalue weighted by Crippen LogP contribution is -2.47. The standard InChI is InChI=1S/C21H27ClN6O3S/c1-21(2,31-15-7-5-14(22)6-8-15)19(29)24-9-11-28-18-16(13-25-28)17(23-10-12-30-3)26-20(27-18)32-4/h5-8,13H,9-12H2,1-4H3,(H,24,29)(H,23,26,27). The molecule has 3 rings (SSSR count). The first-order valence-electron chi connectivity index (χ1n) is 10.1. The van der Waals surface area contributed by atoms with E-state index in [1.807, 2.05) is 6.26 Å². The van der Waals surface area contributed by atoms with Crippen LogP contribution in [-0.2, 0) is 16.1 Å². The number of carbonyl (C=O) groups excluding carboxylic acids is 1. The fourth-order valence-corrected chi connectivity index (χ4v) is 3.41. The van der Waals surface area contributed by atoms with Gasteiger partial charge in [-0.25, -0.2) is 14.6 Å². The molecular weight excluding hydrogens is 452 g/mol. The Morgan fingerprint density at radius 1 is 1.22 bits per heavy atom. The monoisotopic (exact) mass is 478 g/mol. The predicted molar refractivity (Wildman–Crippen MR) is 127 cm³/mol. The Balaban J connectivity index is 1.64. The normalized spacial score (nSPS) is 11.5.